The van der Waals surface area contributed by atoms with Gasteiger partial charge in [-0.2, -0.15) is 0 Å². The molecule has 5 amide bonds. The molecule has 0 unspecified atom stereocenters. The number of imide groups is 2. The van der Waals surface area contributed by atoms with Gasteiger partial charge in [-0.25, -0.2) is 9.69 Å². The summed E-state index contributed by atoms with van der Waals surface area (Å²) < 4.78 is 0. The second-order valence-electron chi connectivity index (χ2n) is 5.40. The molecular weight excluding hydrogens is 310 g/mol. The van der Waals surface area contributed by atoms with E-state index in [0.717, 1.165) is 16.0 Å². The molecule has 0 saturated carbocycles. The first-order valence-corrected chi connectivity index (χ1v) is 7.55. The highest BCUT2D eigenvalue weighted by molar-refractivity contribution is 6.45. The number of hydrogen-bond donors (Lipinski definition) is 1. The monoisotopic (exact) mass is 329 g/mol. The third-order valence-electron chi connectivity index (χ3n) is 3.73. The summed E-state index contributed by atoms with van der Waals surface area (Å²) in [5, 5.41) is 2.65. The molecule has 7 nitrogen and oxygen atoms in total. The number of nitrogens with one attached hydrogen (secondary N) is 1. The molecule has 126 valence electrons. The van der Waals surface area contributed by atoms with Gasteiger partial charge in [0, 0.05) is 13.1 Å². The van der Waals surface area contributed by atoms with Gasteiger partial charge in [0.25, 0.3) is 0 Å². The maximum absolute atomic E-state index is 12.0. The Labute approximate surface area is 139 Å². The highest BCUT2D eigenvalue weighted by Crippen LogP contribution is 2.11. The van der Waals surface area contributed by atoms with Crippen LogP contribution < -0.4 is 5.32 Å². The largest absolute Gasteiger partial charge is 0.354 e. The van der Waals surface area contributed by atoms with E-state index in [1.165, 1.54) is 6.08 Å². The Balaban J connectivity index is 1.87. The highest BCUT2D eigenvalue weighted by atomic mass is 16.2. The Hall–Kier alpha value is -2.96. The van der Waals surface area contributed by atoms with E-state index in [4.69, 9.17) is 0 Å². The van der Waals surface area contributed by atoms with Gasteiger partial charge in [-0.1, -0.05) is 30.3 Å². The first kappa shape index (κ1) is 17.4. The van der Waals surface area contributed by atoms with Crippen LogP contribution >= 0.6 is 0 Å². The molecule has 1 aromatic rings. The summed E-state index contributed by atoms with van der Waals surface area (Å²) in [6.07, 6.45) is 1.98. The number of amides is 5. The molecule has 1 fully saturated rings. The van der Waals surface area contributed by atoms with Crippen molar-refractivity contribution < 1.29 is 19.2 Å². The quantitative estimate of drug-likeness (QED) is 0.452. The number of nitrogens with zero attached hydrogens (tertiary/aromatic N) is 2. The number of urea groups is 1. The van der Waals surface area contributed by atoms with E-state index < -0.39 is 30.3 Å². The number of hydrogen-bond acceptors (Lipinski definition) is 4. The summed E-state index contributed by atoms with van der Waals surface area (Å²) in [4.78, 5) is 48.8. The Morgan fingerprint density at radius 3 is 2.50 bits per heavy atom. The summed E-state index contributed by atoms with van der Waals surface area (Å²) in [6.45, 7) is 5.26. The average Bonchev–Trinajstić information content (AvgIpc) is 2.75. The lowest BCUT2D eigenvalue weighted by atomic mass is 10.1. The second kappa shape index (κ2) is 7.54. The van der Waals surface area contributed by atoms with Crippen LogP contribution in [0.5, 0.6) is 0 Å². The highest BCUT2D eigenvalue weighted by Gasteiger charge is 2.44. The molecule has 0 spiro atoms. The minimum atomic E-state index is -0.990. The number of aryl methyl sites for hydroxylation is 1. The second-order valence-corrected chi connectivity index (χ2v) is 5.40. The Bertz CT molecular complexity index is 699. The molecular formula is C17H19N3O4. The summed E-state index contributed by atoms with van der Waals surface area (Å²) in [5.41, 5.74) is 2.24. The molecule has 24 heavy (non-hydrogen) atoms. The van der Waals surface area contributed by atoms with Gasteiger partial charge in [0.2, 0.25) is 5.91 Å². The SMILES string of the molecule is C=CCN1C(=O)C(=O)N(CC(=O)NCCc2ccccc2C)C1=O. The van der Waals surface area contributed by atoms with E-state index in [0.29, 0.717) is 17.9 Å². The van der Waals surface area contributed by atoms with Gasteiger partial charge >= 0.3 is 17.8 Å². The predicted molar refractivity (Wildman–Crippen MR) is 86.9 cm³/mol. The zero-order valence-electron chi connectivity index (χ0n) is 13.4. The number of carbonyl (C=O) groups excluding carboxylic acids is 4. The molecule has 0 bridgehead atoms. The van der Waals surface area contributed by atoms with E-state index in [1.807, 2.05) is 31.2 Å². The average molecular weight is 329 g/mol. The van der Waals surface area contributed by atoms with Gasteiger partial charge in [-0.05, 0) is 24.5 Å². The van der Waals surface area contributed by atoms with Crippen LogP contribution in [-0.4, -0.2) is 53.2 Å². The molecule has 1 aromatic carbocycles. The fraction of sp³-hybridized carbons (Fsp3) is 0.294. The molecule has 1 heterocycles. The zero-order chi connectivity index (χ0) is 17.7. The Morgan fingerprint density at radius 1 is 1.17 bits per heavy atom. The molecule has 1 N–H and O–H groups in total. The number of carbonyl (C=O) groups is 4. The van der Waals surface area contributed by atoms with Crippen LogP contribution in [0.15, 0.2) is 36.9 Å². The van der Waals surface area contributed by atoms with Crippen molar-refractivity contribution in [3.8, 4) is 0 Å². The van der Waals surface area contributed by atoms with Crippen molar-refractivity contribution in [2.24, 2.45) is 0 Å². The molecule has 1 aliphatic heterocycles. The third-order valence-corrected chi connectivity index (χ3v) is 3.73. The van der Waals surface area contributed by atoms with Crippen molar-refractivity contribution in [2.75, 3.05) is 19.6 Å². The Kier molecular flexibility index (Phi) is 5.47. The maximum atomic E-state index is 12.0. The van der Waals surface area contributed by atoms with Crippen LogP contribution in [0.25, 0.3) is 0 Å². The van der Waals surface area contributed by atoms with Crippen LogP contribution in [0.1, 0.15) is 11.1 Å². The summed E-state index contributed by atoms with van der Waals surface area (Å²) >= 11 is 0. The van der Waals surface area contributed by atoms with Crippen molar-refractivity contribution in [1.82, 2.24) is 15.1 Å². The zero-order valence-corrected chi connectivity index (χ0v) is 13.4. The van der Waals surface area contributed by atoms with Crippen molar-refractivity contribution in [3.05, 3.63) is 48.0 Å². The van der Waals surface area contributed by atoms with Gasteiger partial charge in [-0.15, -0.1) is 6.58 Å². The normalized spacial score (nSPS) is 14.3. The first-order chi connectivity index (χ1) is 11.5. The van der Waals surface area contributed by atoms with Crippen LogP contribution in [0.4, 0.5) is 4.79 Å². The molecule has 1 saturated heterocycles. The number of benzene rings is 1. The van der Waals surface area contributed by atoms with E-state index in [9.17, 15) is 19.2 Å². The Morgan fingerprint density at radius 2 is 1.83 bits per heavy atom. The molecule has 0 atom stereocenters. The van der Waals surface area contributed by atoms with Crippen LogP contribution in [0, 0.1) is 6.92 Å². The molecule has 0 aromatic heterocycles. The van der Waals surface area contributed by atoms with E-state index in [-0.39, 0.29) is 6.54 Å². The van der Waals surface area contributed by atoms with Crippen LogP contribution in [0.3, 0.4) is 0 Å². The van der Waals surface area contributed by atoms with E-state index >= 15 is 0 Å². The van der Waals surface area contributed by atoms with E-state index in [2.05, 4.69) is 11.9 Å². The molecule has 0 radical (unpaired) electrons. The fourth-order valence-electron chi connectivity index (χ4n) is 2.41. The maximum Gasteiger partial charge on any atom is 0.335 e. The summed E-state index contributed by atoms with van der Waals surface area (Å²) in [5.74, 6) is -2.41. The van der Waals surface area contributed by atoms with Crippen molar-refractivity contribution >= 4 is 23.8 Å². The molecule has 1 aliphatic rings. The lowest BCUT2D eigenvalue weighted by Gasteiger charge is -2.14. The predicted octanol–water partition coefficient (Wildman–Crippen LogP) is 0.631. The fourth-order valence-corrected chi connectivity index (χ4v) is 2.41. The van der Waals surface area contributed by atoms with Crippen LogP contribution in [0.2, 0.25) is 0 Å². The van der Waals surface area contributed by atoms with Gasteiger partial charge in [0.15, 0.2) is 0 Å². The minimum absolute atomic E-state index is 0.0607. The van der Waals surface area contributed by atoms with Crippen molar-refractivity contribution in [1.29, 1.82) is 0 Å². The van der Waals surface area contributed by atoms with Crippen LogP contribution in [-0.2, 0) is 20.8 Å². The molecule has 2 rings (SSSR count). The van der Waals surface area contributed by atoms with Crippen molar-refractivity contribution in [2.45, 2.75) is 13.3 Å². The van der Waals surface area contributed by atoms with E-state index in [1.54, 1.807) is 0 Å². The first-order valence-electron chi connectivity index (χ1n) is 7.55. The van der Waals surface area contributed by atoms with Gasteiger partial charge in [-0.3, -0.25) is 19.3 Å². The van der Waals surface area contributed by atoms with Gasteiger partial charge < -0.3 is 5.32 Å². The topological polar surface area (TPSA) is 86.8 Å². The lowest BCUT2D eigenvalue weighted by Crippen LogP contribution is -2.42. The smallest absolute Gasteiger partial charge is 0.335 e. The number of rotatable bonds is 7. The molecule has 0 aliphatic carbocycles. The van der Waals surface area contributed by atoms with Crippen molar-refractivity contribution in [3.63, 3.8) is 0 Å². The summed E-state index contributed by atoms with van der Waals surface area (Å²) in [7, 11) is 0. The minimum Gasteiger partial charge on any atom is -0.354 e. The van der Waals surface area contributed by atoms with Gasteiger partial charge in [0.1, 0.15) is 6.54 Å². The standard InChI is InChI=1S/C17H19N3O4/c1-3-10-19-15(22)16(23)20(17(19)24)11-14(21)18-9-8-13-7-5-4-6-12(13)2/h3-7H,1,8-11H2,2H3,(H,18,21). The lowest BCUT2D eigenvalue weighted by molar-refractivity contribution is -0.143. The summed E-state index contributed by atoms with van der Waals surface area (Å²) in [6, 6.07) is 7.03. The third kappa shape index (κ3) is 3.68. The van der Waals surface area contributed by atoms with Gasteiger partial charge in [0.05, 0.1) is 0 Å². The molecule has 7 heteroatoms.